The van der Waals surface area contributed by atoms with E-state index in [1.54, 1.807) is 0 Å². The normalized spacial score (nSPS) is 11.8. The van der Waals surface area contributed by atoms with Gasteiger partial charge in [0.1, 0.15) is 0 Å². The van der Waals surface area contributed by atoms with E-state index in [-0.39, 0.29) is 11.3 Å². The molecule has 2 heterocycles. The third-order valence-corrected chi connectivity index (χ3v) is 5.57. The number of hydrogen-bond donors (Lipinski definition) is 1. The van der Waals surface area contributed by atoms with Crippen LogP contribution in [0.4, 0.5) is 5.13 Å². The SMILES string of the molecule is Cc1c(C(=O)Nc2nc(C(C)(C)C)cs2)sc2ccccc12. The highest BCUT2D eigenvalue weighted by molar-refractivity contribution is 7.21. The summed E-state index contributed by atoms with van der Waals surface area (Å²) in [5.74, 6) is -0.0755. The Bertz CT molecular complexity index is 840. The molecule has 5 heteroatoms. The third-order valence-electron chi connectivity index (χ3n) is 3.54. The monoisotopic (exact) mass is 330 g/mol. The van der Waals surface area contributed by atoms with Gasteiger partial charge in [-0.15, -0.1) is 22.7 Å². The summed E-state index contributed by atoms with van der Waals surface area (Å²) in [5.41, 5.74) is 2.03. The molecule has 0 unspecified atom stereocenters. The fraction of sp³-hybridized carbons (Fsp3) is 0.294. The molecule has 0 aliphatic heterocycles. The Morgan fingerprint density at radius 2 is 1.95 bits per heavy atom. The number of aromatic nitrogens is 1. The smallest absolute Gasteiger partial charge is 0.267 e. The first-order valence-electron chi connectivity index (χ1n) is 7.12. The first kappa shape index (κ1) is 15.2. The molecule has 0 radical (unpaired) electrons. The van der Waals surface area contributed by atoms with Crippen LogP contribution in [0.5, 0.6) is 0 Å². The quantitative estimate of drug-likeness (QED) is 0.700. The molecule has 1 amide bonds. The molecular weight excluding hydrogens is 312 g/mol. The predicted octanol–water partition coefficient (Wildman–Crippen LogP) is 5.22. The van der Waals surface area contributed by atoms with E-state index < -0.39 is 0 Å². The highest BCUT2D eigenvalue weighted by Gasteiger charge is 2.20. The van der Waals surface area contributed by atoms with Gasteiger partial charge in [0.2, 0.25) is 0 Å². The van der Waals surface area contributed by atoms with Crippen molar-refractivity contribution in [1.29, 1.82) is 0 Å². The van der Waals surface area contributed by atoms with Gasteiger partial charge in [-0.05, 0) is 23.9 Å². The van der Waals surface area contributed by atoms with E-state index in [9.17, 15) is 4.79 Å². The first-order valence-corrected chi connectivity index (χ1v) is 8.81. The van der Waals surface area contributed by atoms with Gasteiger partial charge in [-0.1, -0.05) is 39.0 Å². The van der Waals surface area contributed by atoms with E-state index in [1.165, 1.54) is 22.7 Å². The summed E-state index contributed by atoms with van der Waals surface area (Å²) in [7, 11) is 0. The number of hydrogen-bond acceptors (Lipinski definition) is 4. The van der Waals surface area contributed by atoms with Crippen molar-refractivity contribution in [2.24, 2.45) is 0 Å². The molecule has 0 spiro atoms. The van der Waals surface area contributed by atoms with Gasteiger partial charge in [-0.3, -0.25) is 10.1 Å². The molecule has 2 aromatic heterocycles. The van der Waals surface area contributed by atoms with E-state index in [0.29, 0.717) is 5.13 Å². The highest BCUT2D eigenvalue weighted by atomic mass is 32.1. The Balaban J connectivity index is 1.87. The van der Waals surface area contributed by atoms with Crippen molar-refractivity contribution < 1.29 is 4.79 Å². The minimum atomic E-state index is -0.0755. The third kappa shape index (κ3) is 2.78. The number of anilines is 1. The summed E-state index contributed by atoms with van der Waals surface area (Å²) in [6.07, 6.45) is 0. The fourth-order valence-corrected chi connectivity index (χ4v) is 4.26. The van der Waals surface area contributed by atoms with Crippen molar-refractivity contribution in [3.63, 3.8) is 0 Å². The highest BCUT2D eigenvalue weighted by Crippen LogP contribution is 2.32. The van der Waals surface area contributed by atoms with Crippen molar-refractivity contribution >= 4 is 43.8 Å². The second-order valence-corrected chi connectivity index (χ2v) is 8.20. The average Bonchev–Trinajstić information content (AvgIpc) is 3.04. The van der Waals surface area contributed by atoms with Crippen molar-refractivity contribution in [2.45, 2.75) is 33.1 Å². The van der Waals surface area contributed by atoms with Crippen LogP contribution in [-0.2, 0) is 5.41 Å². The second kappa shape index (κ2) is 5.48. The lowest BCUT2D eigenvalue weighted by atomic mass is 9.93. The molecule has 0 atom stereocenters. The number of nitrogens with zero attached hydrogens (tertiary/aromatic N) is 1. The van der Waals surface area contributed by atoms with Gasteiger partial charge in [-0.2, -0.15) is 0 Å². The maximum absolute atomic E-state index is 12.5. The predicted molar refractivity (Wildman–Crippen MR) is 95.3 cm³/mol. The average molecular weight is 330 g/mol. The Hall–Kier alpha value is -1.72. The number of amides is 1. The standard InChI is InChI=1S/C17H18N2OS2/c1-10-11-7-5-6-8-12(11)22-14(10)15(20)19-16-18-13(9-21-16)17(2,3)4/h5-9H,1-4H3,(H,18,19,20). The number of nitrogens with one attached hydrogen (secondary N) is 1. The molecule has 22 heavy (non-hydrogen) atoms. The van der Waals surface area contributed by atoms with Gasteiger partial charge in [0.25, 0.3) is 5.91 Å². The van der Waals surface area contributed by atoms with Gasteiger partial charge >= 0.3 is 0 Å². The zero-order valence-electron chi connectivity index (χ0n) is 13.1. The largest absolute Gasteiger partial charge is 0.297 e. The Kier molecular flexibility index (Phi) is 3.78. The minimum Gasteiger partial charge on any atom is -0.297 e. The van der Waals surface area contributed by atoms with Gasteiger partial charge in [0, 0.05) is 15.5 Å². The summed E-state index contributed by atoms with van der Waals surface area (Å²) in [6, 6.07) is 8.10. The van der Waals surface area contributed by atoms with Crippen LogP contribution in [0.3, 0.4) is 0 Å². The lowest BCUT2D eigenvalue weighted by Gasteiger charge is -2.14. The number of benzene rings is 1. The number of carbonyl (C=O) groups excluding carboxylic acids is 1. The molecule has 0 aliphatic rings. The Morgan fingerprint density at radius 3 is 2.59 bits per heavy atom. The zero-order chi connectivity index (χ0) is 15.9. The van der Waals surface area contributed by atoms with E-state index in [0.717, 1.165) is 26.2 Å². The van der Waals surface area contributed by atoms with Crippen LogP contribution in [0.25, 0.3) is 10.1 Å². The van der Waals surface area contributed by atoms with Crippen LogP contribution in [0.15, 0.2) is 29.6 Å². The molecule has 1 N–H and O–H groups in total. The molecule has 3 nitrogen and oxygen atoms in total. The molecular formula is C17H18N2OS2. The van der Waals surface area contributed by atoms with Crippen molar-refractivity contribution in [1.82, 2.24) is 4.98 Å². The molecule has 1 aromatic carbocycles. The summed E-state index contributed by atoms with van der Waals surface area (Å²) in [5, 5.41) is 6.74. The molecule has 3 aromatic rings. The van der Waals surface area contributed by atoms with Crippen molar-refractivity contribution in [2.75, 3.05) is 5.32 Å². The van der Waals surface area contributed by atoms with Crippen LogP contribution in [0.1, 0.15) is 41.7 Å². The lowest BCUT2D eigenvalue weighted by molar-refractivity contribution is 0.103. The maximum atomic E-state index is 12.5. The number of thiazole rings is 1. The van der Waals surface area contributed by atoms with E-state index in [2.05, 4.69) is 37.1 Å². The number of aryl methyl sites for hydroxylation is 1. The number of rotatable bonds is 2. The topological polar surface area (TPSA) is 42.0 Å². The number of fused-ring (bicyclic) bond motifs is 1. The first-order chi connectivity index (χ1) is 10.4. The molecule has 3 rings (SSSR count). The zero-order valence-corrected chi connectivity index (χ0v) is 14.7. The molecule has 0 fully saturated rings. The number of thiophene rings is 1. The summed E-state index contributed by atoms with van der Waals surface area (Å²) < 4.78 is 1.14. The molecule has 0 bridgehead atoms. The maximum Gasteiger partial charge on any atom is 0.267 e. The van der Waals surface area contributed by atoms with Gasteiger partial charge in [0.05, 0.1) is 10.6 Å². The van der Waals surface area contributed by atoms with Crippen LogP contribution in [0, 0.1) is 6.92 Å². The summed E-state index contributed by atoms with van der Waals surface area (Å²) in [6.45, 7) is 8.34. The summed E-state index contributed by atoms with van der Waals surface area (Å²) in [4.78, 5) is 17.8. The van der Waals surface area contributed by atoms with E-state index in [4.69, 9.17) is 0 Å². The minimum absolute atomic E-state index is 0.00694. The Morgan fingerprint density at radius 1 is 1.23 bits per heavy atom. The number of carbonyl (C=O) groups is 1. The van der Waals surface area contributed by atoms with Crippen LogP contribution in [0.2, 0.25) is 0 Å². The molecule has 0 aliphatic carbocycles. The molecule has 114 valence electrons. The van der Waals surface area contributed by atoms with Crippen molar-refractivity contribution in [3.05, 3.63) is 45.8 Å². The van der Waals surface area contributed by atoms with E-state index >= 15 is 0 Å². The van der Waals surface area contributed by atoms with Gasteiger partial charge in [0.15, 0.2) is 5.13 Å². The van der Waals surface area contributed by atoms with Crippen molar-refractivity contribution in [3.8, 4) is 0 Å². The summed E-state index contributed by atoms with van der Waals surface area (Å²) >= 11 is 3.00. The second-order valence-electron chi connectivity index (χ2n) is 6.29. The van der Waals surface area contributed by atoms with Gasteiger partial charge < -0.3 is 0 Å². The fourth-order valence-electron chi connectivity index (χ4n) is 2.22. The molecule has 0 saturated heterocycles. The van der Waals surface area contributed by atoms with Crippen LogP contribution in [-0.4, -0.2) is 10.9 Å². The van der Waals surface area contributed by atoms with Gasteiger partial charge in [-0.25, -0.2) is 4.98 Å². The lowest BCUT2D eigenvalue weighted by Crippen LogP contribution is -2.14. The Labute approximate surface area is 138 Å². The molecule has 0 saturated carbocycles. The van der Waals surface area contributed by atoms with Crippen LogP contribution < -0.4 is 5.32 Å². The van der Waals surface area contributed by atoms with Crippen LogP contribution >= 0.6 is 22.7 Å². The van der Waals surface area contributed by atoms with E-state index in [1.807, 2.05) is 30.5 Å².